The van der Waals surface area contributed by atoms with Gasteiger partial charge in [-0.05, 0) is 12.5 Å². The summed E-state index contributed by atoms with van der Waals surface area (Å²) in [6, 6.07) is 1.99. The summed E-state index contributed by atoms with van der Waals surface area (Å²) in [5.74, 6) is 1.01. The average molecular weight is 218 g/mol. The van der Waals surface area contributed by atoms with Crippen LogP contribution in [0.5, 0.6) is 0 Å². The minimum absolute atomic E-state index is 0.327. The second-order valence-electron chi connectivity index (χ2n) is 4.06. The number of H-pyrrole nitrogens is 1. The Labute approximate surface area is 93.4 Å². The van der Waals surface area contributed by atoms with Crippen molar-refractivity contribution >= 4 is 16.7 Å². The van der Waals surface area contributed by atoms with E-state index in [4.69, 9.17) is 4.74 Å². The monoisotopic (exact) mass is 218 g/mol. The first-order valence-electron chi connectivity index (χ1n) is 5.44. The van der Waals surface area contributed by atoms with Crippen LogP contribution in [0.15, 0.2) is 18.5 Å². The second kappa shape index (κ2) is 3.75. The van der Waals surface area contributed by atoms with Crippen LogP contribution in [0, 0.1) is 0 Å². The molecule has 1 aliphatic heterocycles. The van der Waals surface area contributed by atoms with Crippen LogP contribution < -0.4 is 4.90 Å². The minimum Gasteiger partial charge on any atom is -0.380 e. The van der Waals surface area contributed by atoms with Gasteiger partial charge in [0.1, 0.15) is 0 Å². The van der Waals surface area contributed by atoms with Crippen LogP contribution in [0.2, 0.25) is 0 Å². The highest BCUT2D eigenvalue weighted by Gasteiger charge is 2.24. The minimum atomic E-state index is 0.327. The van der Waals surface area contributed by atoms with E-state index in [9.17, 15) is 0 Å². The van der Waals surface area contributed by atoms with Crippen LogP contribution in [-0.4, -0.2) is 41.5 Å². The number of nitrogens with one attached hydrogen (secondary N) is 1. The molecule has 0 saturated carbocycles. The maximum absolute atomic E-state index is 5.36. The molecule has 0 spiro atoms. The molecule has 0 radical (unpaired) electrons. The normalized spacial score (nSPS) is 20.8. The number of anilines is 1. The van der Waals surface area contributed by atoms with Crippen molar-refractivity contribution in [1.82, 2.24) is 15.2 Å². The third kappa shape index (κ3) is 1.44. The lowest BCUT2D eigenvalue weighted by Gasteiger charge is -2.15. The Morgan fingerprint density at radius 3 is 3.31 bits per heavy atom. The molecule has 84 valence electrons. The molecule has 1 aliphatic rings. The Morgan fingerprint density at radius 2 is 2.50 bits per heavy atom. The molecule has 3 rings (SSSR count). The Kier molecular flexibility index (Phi) is 2.25. The third-order valence-electron chi connectivity index (χ3n) is 3.12. The first-order chi connectivity index (χ1) is 7.88. The van der Waals surface area contributed by atoms with Gasteiger partial charge in [-0.2, -0.15) is 5.10 Å². The fourth-order valence-electron chi connectivity index (χ4n) is 2.21. The van der Waals surface area contributed by atoms with E-state index in [1.54, 1.807) is 19.5 Å². The number of pyridine rings is 1. The zero-order valence-electron chi connectivity index (χ0n) is 9.18. The third-order valence-corrected chi connectivity index (χ3v) is 3.12. The summed E-state index contributed by atoms with van der Waals surface area (Å²) in [4.78, 5) is 6.33. The molecule has 1 N–H and O–H groups in total. The van der Waals surface area contributed by atoms with E-state index in [-0.39, 0.29) is 0 Å². The molecule has 2 aromatic rings. The fraction of sp³-hybridized carbons (Fsp3) is 0.455. The van der Waals surface area contributed by atoms with Gasteiger partial charge < -0.3 is 9.64 Å². The van der Waals surface area contributed by atoms with Crippen LogP contribution in [-0.2, 0) is 4.74 Å². The molecule has 5 heteroatoms. The summed E-state index contributed by atoms with van der Waals surface area (Å²) >= 11 is 0. The number of aromatic amines is 1. The lowest BCUT2D eigenvalue weighted by Crippen LogP contribution is -2.22. The van der Waals surface area contributed by atoms with Gasteiger partial charge in [-0.25, -0.2) is 0 Å². The number of nitrogens with zero attached hydrogens (tertiary/aromatic N) is 3. The van der Waals surface area contributed by atoms with E-state index in [0.717, 1.165) is 36.2 Å². The van der Waals surface area contributed by atoms with Crippen molar-refractivity contribution < 1.29 is 4.74 Å². The van der Waals surface area contributed by atoms with E-state index >= 15 is 0 Å². The maximum atomic E-state index is 5.36. The summed E-state index contributed by atoms with van der Waals surface area (Å²) in [5, 5.41) is 8.49. The van der Waals surface area contributed by atoms with Crippen molar-refractivity contribution in [3.05, 3.63) is 18.5 Å². The highest BCUT2D eigenvalue weighted by atomic mass is 16.5. The summed E-state index contributed by atoms with van der Waals surface area (Å²) in [7, 11) is 1.76. The molecule has 1 saturated heterocycles. The summed E-state index contributed by atoms with van der Waals surface area (Å²) in [6.07, 6.45) is 4.99. The lowest BCUT2D eigenvalue weighted by molar-refractivity contribution is 0.121. The fourth-order valence-corrected chi connectivity index (χ4v) is 2.21. The number of fused-ring (bicyclic) bond motifs is 1. The molecular formula is C11H14N4O. The summed E-state index contributed by atoms with van der Waals surface area (Å²) in [6.45, 7) is 1.92. The van der Waals surface area contributed by atoms with Gasteiger partial charge in [0.25, 0.3) is 0 Å². The van der Waals surface area contributed by atoms with Crippen molar-refractivity contribution in [3.63, 3.8) is 0 Å². The maximum Gasteiger partial charge on any atom is 0.158 e. The van der Waals surface area contributed by atoms with Crippen LogP contribution in [0.1, 0.15) is 6.42 Å². The Bertz CT molecular complexity index is 495. The predicted molar refractivity (Wildman–Crippen MR) is 61.5 cm³/mol. The Hall–Kier alpha value is -1.62. The molecule has 16 heavy (non-hydrogen) atoms. The van der Waals surface area contributed by atoms with E-state index in [2.05, 4.69) is 20.1 Å². The number of ether oxygens (including phenoxy) is 1. The van der Waals surface area contributed by atoms with Gasteiger partial charge in [-0.15, -0.1) is 0 Å². The second-order valence-corrected chi connectivity index (χ2v) is 4.06. The van der Waals surface area contributed by atoms with Gasteiger partial charge in [0.05, 0.1) is 17.8 Å². The van der Waals surface area contributed by atoms with Crippen molar-refractivity contribution in [3.8, 4) is 0 Å². The van der Waals surface area contributed by atoms with Gasteiger partial charge >= 0.3 is 0 Å². The van der Waals surface area contributed by atoms with Crippen LogP contribution in [0.25, 0.3) is 10.9 Å². The molecular weight excluding hydrogens is 204 g/mol. The first-order valence-corrected chi connectivity index (χ1v) is 5.44. The standard InChI is InChI=1S/C11H14N4O/c1-16-8-3-5-15(7-8)11-9-2-4-12-6-10(9)13-14-11/h2,4,6,8H,3,5,7H2,1H3,(H,13,14). The summed E-state index contributed by atoms with van der Waals surface area (Å²) < 4.78 is 5.36. The topological polar surface area (TPSA) is 54.0 Å². The number of aromatic nitrogens is 3. The van der Waals surface area contributed by atoms with Crippen LogP contribution in [0.3, 0.4) is 0 Å². The number of hydrogen-bond acceptors (Lipinski definition) is 4. The largest absolute Gasteiger partial charge is 0.380 e. The molecule has 3 heterocycles. The van der Waals surface area contributed by atoms with Gasteiger partial charge in [0, 0.05) is 31.8 Å². The average Bonchev–Trinajstić information content (AvgIpc) is 2.94. The number of methoxy groups -OCH3 is 1. The predicted octanol–water partition coefficient (Wildman–Crippen LogP) is 1.18. The molecule has 1 fully saturated rings. The highest BCUT2D eigenvalue weighted by Crippen LogP contribution is 2.26. The van der Waals surface area contributed by atoms with E-state index < -0.39 is 0 Å². The van der Waals surface area contributed by atoms with E-state index in [1.165, 1.54) is 0 Å². The van der Waals surface area contributed by atoms with E-state index in [0.29, 0.717) is 6.10 Å². The number of rotatable bonds is 2. The zero-order chi connectivity index (χ0) is 11.0. The molecule has 1 unspecified atom stereocenters. The highest BCUT2D eigenvalue weighted by molar-refractivity contribution is 5.89. The molecule has 1 atom stereocenters. The van der Waals surface area contributed by atoms with Crippen molar-refractivity contribution in [2.75, 3.05) is 25.1 Å². The quantitative estimate of drug-likeness (QED) is 0.822. The van der Waals surface area contributed by atoms with Gasteiger partial charge in [-0.1, -0.05) is 0 Å². The Balaban J connectivity index is 1.95. The molecule has 2 aromatic heterocycles. The van der Waals surface area contributed by atoms with Crippen LogP contribution >= 0.6 is 0 Å². The van der Waals surface area contributed by atoms with Crippen molar-refractivity contribution in [1.29, 1.82) is 0 Å². The first kappa shape index (κ1) is 9.59. The SMILES string of the molecule is COC1CCN(c2n[nH]c3cnccc23)C1. The number of hydrogen-bond donors (Lipinski definition) is 1. The van der Waals surface area contributed by atoms with Crippen molar-refractivity contribution in [2.24, 2.45) is 0 Å². The smallest absolute Gasteiger partial charge is 0.158 e. The van der Waals surface area contributed by atoms with Gasteiger partial charge in [0.2, 0.25) is 0 Å². The summed E-state index contributed by atoms with van der Waals surface area (Å²) in [5.41, 5.74) is 0.985. The van der Waals surface area contributed by atoms with E-state index in [1.807, 2.05) is 6.07 Å². The molecule has 5 nitrogen and oxygen atoms in total. The molecule has 0 aliphatic carbocycles. The van der Waals surface area contributed by atoms with Gasteiger partial charge in [0.15, 0.2) is 5.82 Å². The molecule has 0 amide bonds. The van der Waals surface area contributed by atoms with Gasteiger partial charge in [-0.3, -0.25) is 10.1 Å². The Morgan fingerprint density at radius 1 is 1.56 bits per heavy atom. The molecule has 0 bridgehead atoms. The van der Waals surface area contributed by atoms with Crippen molar-refractivity contribution in [2.45, 2.75) is 12.5 Å². The lowest BCUT2D eigenvalue weighted by atomic mass is 10.3. The van der Waals surface area contributed by atoms with Crippen LogP contribution in [0.4, 0.5) is 5.82 Å². The zero-order valence-corrected chi connectivity index (χ0v) is 9.18. The molecule has 0 aromatic carbocycles.